The molecule has 0 amide bonds. The van der Waals surface area contributed by atoms with Crippen molar-refractivity contribution in [1.29, 1.82) is 0 Å². The zero-order chi connectivity index (χ0) is 10.1. The molecule has 13 heavy (non-hydrogen) atoms. The highest BCUT2D eigenvalue weighted by Crippen LogP contribution is 2.04. The van der Waals surface area contributed by atoms with Crippen LogP contribution < -0.4 is 0 Å². The van der Waals surface area contributed by atoms with Crippen molar-refractivity contribution >= 4 is 0 Å². The van der Waals surface area contributed by atoms with E-state index in [0.717, 1.165) is 13.1 Å². The van der Waals surface area contributed by atoms with Crippen molar-refractivity contribution in [3.63, 3.8) is 0 Å². The van der Waals surface area contributed by atoms with E-state index in [4.69, 9.17) is 5.11 Å². The van der Waals surface area contributed by atoms with E-state index in [1.54, 1.807) is 0 Å². The van der Waals surface area contributed by atoms with Crippen LogP contribution in [-0.4, -0.2) is 35.7 Å². The van der Waals surface area contributed by atoms with Crippen LogP contribution in [0.25, 0.3) is 0 Å². The smallest absolute Gasteiger partial charge is 0.0558 e. The highest BCUT2D eigenvalue weighted by Gasteiger charge is 2.06. The van der Waals surface area contributed by atoms with Crippen molar-refractivity contribution in [3.05, 3.63) is 0 Å². The van der Waals surface area contributed by atoms with Gasteiger partial charge in [0.05, 0.1) is 6.61 Å². The van der Waals surface area contributed by atoms with Crippen LogP contribution in [0.15, 0.2) is 0 Å². The summed E-state index contributed by atoms with van der Waals surface area (Å²) in [6, 6.07) is 0.564. The fourth-order valence-electron chi connectivity index (χ4n) is 1.50. The van der Waals surface area contributed by atoms with E-state index in [-0.39, 0.29) is 6.61 Å². The second kappa shape index (κ2) is 8.52. The monoisotopic (exact) mass is 187 g/mol. The largest absolute Gasteiger partial charge is 0.395 e. The van der Waals surface area contributed by atoms with Crippen LogP contribution in [-0.2, 0) is 0 Å². The fraction of sp³-hybridized carbons (Fsp3) is 1.00. The van der Waals surface area contributed by atoms with E-state index in [0.29, 0.717) is 6.04 Å². The molecule has 80 valence electrons. The van der Waals surface area contributed by atoms with Crippen LogP contribution in [0.1, 0.15) is 46.5 Å². The molecule has 0 saturated carbocycles. The number of rotatable bonds is 8. The highest BCUT2D eigenvalue weighted by molar-refractivity contribution is 4.61. The molecule has 0 aromatic rings. The number of hydrogen-bond acceptors (Lipinski definition) is 2. The predicted octanol–water partition coefficient (Wildman–Crippen LogP) is 2.27. The summed E-state index contributed by atoms with van der Waals surface area (Å²) in [5.74, 6) is 0. The Balaban J connectivity index is 3.45. The number of hydrogen-bond donors (Lipinski definition) is 1. The van der Waals surface area contributed by atoms with Crippen LogP contribution in [0, 0.1) is 0 Å². The van der Waals surface area contributed by atoms with Crippen molar-refractivity contribution in [3.8, 4) is 0 Å². The number of aliphatic hydroxyl groups excluding tert-OH is 1. The summed E-state index contributed by atoms with van der Waals surface area (Å²) < 4.78 is 0. The lowest BCUT2D eigenvalue weighted by Crippen LogP contribution is -2.34. The maximum atomic E-state index is 8.85. The van der Waals surface area contributed by atoms with E-state index < -0.39 is 0 Å². The summed E-state index contributed by atoms with van der Waals surface area (Å²) in [6.45, 7) is 8.85. The molecule has 0 aliphatic carbocycles. The molecule has 0 aliphatic rings. The normalized spacial score (nSPS) is 11.5. The minimum atomic E-state index is 0.284. The minimum Gasteiger partial charge on any atom is -0.395 e. The summed E-state index contributed by atoms with van der Waals surface area (Å²) in [7, 11) is 0. The average molecular weight is 187 g/mol. The Labute approximate surface area is 82.9 Å². The first-order valence-corrected chi connectivity index (χ1v) is 5.57. The third-order valence-electron chi connectivity index (χ3n) is 2.42. The van der Waals surface area contributed by atoms with Crippen molar-refractivity contribution in [2.45, 2.75) is 52.5 Å². The van der Waals surface area contributed by atoms with Crippen LogP contribution in [0.3, 0.4) is 0 Å². The van der Waals surface area contributed by atoms with E-state index in [2.05, 4.69) is 25.7 Å². The lowest BCUT2D eigenvalue weighted by molar-refractivity contribution is 0.163. The molecule has 0 aromatic heterocycles. The third kappa shape index (κ3) is 7.03. The van der Waals surface area contributed by atoms with Crippen LogP contribution >= 0.6 is 0 Å². The van der Waals surface area contributed by atoms with Gasteiger partial charge in [0.15, 0.2) is 0 Å². The zero-order valence-electron chi connectivity index (χ0n) is 9.42. The average Bonchev–Trinajstić information content (AvgIpc) is 2.10. The SMILES string of the molecule is CCCCCCN(CCO)C(C)C. The molecule has 0 fully saturated rings. The van der Waals surface area contributed by atoms with Gasteiger partial charge in [-0.2, -0.15) is 0 Å². The number of unbranched alkanes of at least 4 members (excludes halogenated alkanes) is 3. The second-order valence-corrected chi connectivity index (χ2v) is 3.91. The molecule has 0 bridgehead atoms. The molecule has 0 unspecified atom stereocenters. The maximum absolute atomic E-state index is 8.85. The molecule has 2 nitrogen and oxygen atoms in total. The molecule has 1 N–H and O–H groups in total. The first kappa shape index (κ1) is 12.9. The molecule has 0 saturated heterocycles. The molecule has 0 radical (unpaired) electrons. The Bertz CT molecular complexity index is 104. The van der Waals surface area contributed by atoms with Crippen LogP contribution in [0.4, 0.5) is 0 Å². The van der Waals surface area contributed by atoms with Crippen LogP contribution in [0.5, 0.6) is 0 Å². The second-order valence-electron chi connectivity index (χ2n) is 3.91. The van der Waals surface area contributed by atoms with E-state index in [9.17, 15) is 0 Å². The number of nitrogens with zero attached hydrogens (tertiary/aromatic N) is 1. The summed E-state index contributed by atoms with van der Waals surface area (Å²) in [5.41, 5.74) is 0. The van der Waals surface area contributed by atoms with Crippen molar-refractivity contribution < 1.29 is 5.11 Å². The molecule has 0 aliphatic heterocycles. The van der Waals surface area contributed by atoms with Crippen molar-refractivity contribution in [2.75, 3.05) is 19.7 Å². The molecule has 2 heteroatoms. The summed E-state index contributed by atoms with van der Waals surface area (Å²) in [4.78, 5) is 2.34. The minimum absolute atomic E-state index is 0.284. The molecule has 0 rings (SSSR count). The fourth-order valence-corrected chi connectivity index (χ4v) is 1.50. The molecular weight excluding hydrogens is 162 g/mol. The molecule has 0 spiro atoms. The number of aliphatic hydroxyl groups is 1. The topological polar surface area (TPSA) is 23.5 Å². The molecule has 0 heterocycles. The van der Waals surface area contributed by atoms with Gasteiger partial charge in [-0.25, -0.2) is 0 Å². The summed E-state index contributed by atoms with van der Waals surface area (Å²) >= 11 is 0. The van der Waals surface area contributed by atoms with Gasteiger partial charge < -0.3 is 5.11 Å². The first-order valence-electron chi connectivity index (χ1n) is 5.57. The summed E-state index contributed by atoms with van der Waals surface area (Å²) in [5, 5.41) is 8.85. The van der Waals surface area contributed by atoms with Gasteiger partial charge in [-0.1, -0.05) is 26.2 Å². The van der Waals surface area contributed by atoms with E-state index in [1.165, 1.54) is 25.7 Å². The van der Waals surface area contributed by atoms with Gasteiger partial charge in [0, 0.05) is 12.6 Å². The van der Waals surface area contributed by atoms with Gasteiger partial charge in [-0.3, -0.25) is 4.90 Å². The Morgan fingerprint density at radius 2 is 1.77 bits per heavy atom. The molecule has 0 atom stereocenters. The quantitative estimate of drug-likeness (QED) is 0.589. The van der Waals surface area contributed by atoms with Gasteiger partial charge in [-0.15, -0.1) is 0 Å². The Morgan fingerprint density at radius 3 is 2.23 bits per heavy atom. The van der Waals surface area contributed by atoms with Gasteiger partial charge >= 0.3 is 0 Å². The highest BCUT2D eigenvalue weighted by atomic mass is 16.3. The molecular formula is C11H25NO. The van der Waals surface area contributed by atoms with Gasteiger partial charge in [0.2, 0.25) is 0 Å². The van der Waals surface area contributed by atoms with Gasteiger partial charge in [0.1, 0.15) is 0 Å². The first-order chi connectivity index (χ1) is 6.22. The van der Waals surface area contributed by atoms with E-state index in [1.807, 2.05) is 0 Å². The van der Waals surface area contributed by atoms with Gasteiger partial charge in [-0.05, 0) is 26.8 Å². The summed E-state index contributed by atoms with van der Waals surface area (Å²) in [6.07, 6.45) is 5.23. The third-order valence-corrected chi connectivity index (χ3v) is 2.42. The van der Waals surface area contributed by atoms with Gasteiger partial charge in [0.25, 0.3) is 0 Å². The Kier molecular flexibility index (Phi) is 8.46. The maximum Gasteiger partial charge on any atom is 0.0558 e. The zero-order valence-corrected chi connectivity index (χ0v) is 9.42. The van der Waals surface area contributed by atoms with E-state index >= 15 is 0 Å². The Morgan fingerprint density at radius 1 is 1.08 bits per heavy atom. The Hall–Kier alpha value is -0.0800. The van der Waals surface area contributed by atoms with Crippen LogP contribution in [0.2, 0.25) is 0 Å². The predicted molar refractivity (Wildman–Crippen MR) is 57.9 cm³/mol. The lowest BCUT2D eigenvalue weighted by Gasteiger charge is -2.25. The molecule has 0 aromatic carbocycles. The van der Waals surface area contributed by atoms with Crippen molar-refractivity contribution in [1.82, 2.24) is 4.90 Å². The lowest BCUT2D eigenvalue weighted by atomic mass is 10.2. The standard InChI is InChI=1S/C11H25NO/c1-4-5-6-7-8-12(9-10-13)11(2)3/h11,13H,4-10H2,1-3H3. The van der Waals surface area contributed by atoms with Crippen molar-refractivity contribution in [2.24, 2.45) is 0 Å².